The number of hydrogen-bond donors (Lipinski definition) is 2. The predicted octanol–water partition coefficient (Wildman–Crippen LogP) is 1.37. The molecule has 0 bridgehead atoms. The van der Waals surface area contributed by atoms with E-state index in [-0.39, 0.29) is 18.2 Å². The van der Waals surface area contributed by atoms with E-state index in [0.29, 0.717) is 11.7 Å². The Labute approximate surface area is 117 Å². The van der Waals surface area contributed by atoms with Gasteiger partial charge in [0, 0.05) is 37.8 Å². The summed E-state index contributed by atoms with van der Waals surface area (Å²) < 4.78 is 5.67. The predicted molar refractivity (Wildman–Crippen MR) is 75.6 cm³/mol. The molecule has 1 fully saturated rings. The van der Waals surface area contributed by atoms with Crippen molar-refractivity contribution in [3.05, 3.63) is 11.6 Å². The van der Waals surface area contributed by atoms with Gasteiger partial charge >= 0.3 is 6.03 Å². The van der Waals surface area contributed by atoms with Crippen LogP contribution >= 0.6 is 11.3 Å². The van der Waals surface area contributed by atoms with Crippen LogP contribution < -0.4 is 10.6 Å². The fourth-order valence-electron chi connectivity index (χ4n) is 2.22. The summed E-state index contributed by atoms with van der Waals surface area (Å²) in [6.07, 6.45) is 2.18. The van der Waals surface area contributed by atoms with E-state index in [1.165, 1.54) is 11.3 Å². The van der Waals surface area contributed by atoms with E-state index in [0.717, 1.165) is 19.6 Å². The second-order valence-electron chi connectivity index (χ2n) is 4.74. The van der Waals surface area contributed by atoms with Crippen LogP contribution in [0.25, 0.3) is 0 Å². The minimum absolute atomic E-state index is 0.204. The van der Waals surface area contributed by atoms with Gasteiger partial charge in [-0.1, -0.05) is 0 Å². The number of rotatable bonds is 4. The minimum Gasteiger partial charge on any atom is -0.373 e. The van der Waals surface area contributed by atoms with Crippen molar-refractivity contribution in [3.63, 3.8) is 0 Å². The van der Waals surface area contributed by atoms with Gasteiger partial charge in [-0.15, -0.1) is 11.3 Å². The largest absolute Gasteiger partial charge is 0.373 e. The van der Waals surface area contributed by atoms with E-state index in [9.17, 15) is 4.79 Å². The van der Waals surface area contributed by atoms with Crippen LogP contribution in [-0.2, 0) is 4.74 Å². The maximum Gasteiger partial charge on any atom is 0.321 e. The Morgan fingerprint density at radius 3 is 2.89 bits per heavy atom. The maximum absolute atomic E-state index is 11.6. The Morgan fingerprint density at radius 1 is 1.53 bits per heavy atom. The number of carbonyl (C=O) groups is 1. The molecule has 1 aromatic rings. The first kappa shape index (κ1) is 14.2. The molecule has 2 heterocycles. The average molecular weight is 284 g/mol. The standard InChI is InChI=1S/C12H20N4O2S/c1-9-7-16(8-10(2)18-9)5-3-13-11(17)15-12-14-4-6-19-12/h4,6,9-10H,3,5,7-8H2,1-2H3,(H2,13,14,15,17)/t9-,10-/m1/s1. The monoisotopic (exact) mass is 284 g/mol. The second-order valence-corrected chi connectivity index (χ2v) is 5.63. The third kappa shape index (κ3) is 4.77. The minimum atomic E-state index is -0.204. The Bertz CT molecular complexity index is 388. The van der Waals surface area contributed by atoms with Gasteiger partial charge in [-0.25, -0.2) is 9.78 Å². The van der Waals surface area contributed by atoms with Crippen LogP contribution in [0.2, 0.25) is 0 Å². The molecular weight excluding hydrogens is 264 g/mol. The Balaban J connectivity index is 1.64. The first-order valence-electron chi connectivity index (χ1n) is 6.45. The summed E-state index contributed by atoms with van der Waals surface area (Å²) in [7, 11) is 0. The molecule has 1 saturated heterocycles. The number of anilines is 1. The van der Waals surface area contributed by atoms with Crippen LogP contribution in [0.3, 0.4) is 0 Å². The van der Waals surface area contributed by atoms with E-state index < -0.39 is 0 Å². The molecule has 2 atom stereocenters. The van der Waals surface area contributed by atoms with Gasteiger partial charge in [0.05, 0.1) is 12.2 Å². The Morgan fingerprint density at radius 2 is 2.26 bits per heavy atom. The zero-order valence-corrected chi connectivity index (χ0v) is 12.1. The Kier molecular flexibility index (Phi) is 5.12. The number of nitrogens with one attached hydrogen (secondary N) is 2. The first-order chi connectivity index (χ1) is 9.13. The third-order valence-electron chi connectivity index (χ3n) is 2.86. The van der Waals surface area contributed by atoms with Crippen molar-refractivity contribution in [2.45, 2.75) is 26.1 Å². The van der Waals surface area contributed by atoms with Crippen molar-refractivity contribution in [1.82, 2.24) is 15.2 Å². The molecule has 6 nitrogen and oxygen atoms in total. The zero-order chi connectivity index (χ0) is 13.7. The third-order valence-corrected chi connectivity index (χ3v) is 3.55. The van der Waals surface area contributed by atoms with Crippen molar-refractivity contribution in [2.75, 3.05) is 31.5 Å². The van der Waals surface area contributed by atoms with Gasteiger partial charge in [-0.3, -0.25) is 10.2 Å². The molecule has 2 rings (SSSR count). The lowest BCUT2D eigenvalue weighted by Crippen LogP contribution is -2.48. The van der Waals surface area contributed by atoms with Crippen LogP contribution in [0.15, 0.2) is 11.6 Å². The fraction of sp³-hybridized carbons (Fsp3) is 0.667. The normalized spacial score (nSPS) is 24.1. The number of urea groups is 1. The molecule has 7 heteroatoms. The summed E-state index contributed by atoms with van der Waals surface area (Å²) in [6.45, 7) is 7.44. The molecule has 1 aliphatic heterocycles. The van der Waals surface area contributed by atoms with Crippen LogP contribution in [0.1, 0.15) is 13.8 Å². The van der Waals surface area contributed by atoms with E-state index in [1.807, 2.05) is 5.38 Å². The van der Waals surface area contributed by atoms with Gasteiger partial charge < -0.3 is 10.1 Å². The van der Waals surface area contributed by atoms with Crippen molar-refractivity contribution in [1.29, 1.82) is 0 Å². The highest BCUT2D eigenvalue weighted by Gasteiger charge is 2.21. The molecule has 0 radical (unpaired) electrons. The van der Waals surface area contributed by atoms with Crippen LogP contribution in [0.5, 0.6) is 0 Å². The molecule has 0 spiro atoms. The Hall–Kier alpha value is -1.18. The molecule has 106 valence electrons. The van der Waals surface area contributed by atoms with Crippen molar-refractivity contribution in [3.8, 4) is 0 Å². The molecule has 0 unspecified atom stereocenters. The topological polar surface area (TPSA) is 66.5 Å². The summed E-state index contributed by atoms with van der Waals surface area (Å²) in [5.41, 5.74) is 0. The summed E-state index contributed by atoms with van der Waals surface area (Å²) in [4.78, 5) is 17.9. The summed E-state index contributed by atoms with van der Waals surface area (Å²) in [6, 6.07) is -0.204. The highest BCUT2D eigenvalue weighted by Crippen LogP contribution is 2.10. The summed E-state index contributed by atoms with van der Waals surface area (Å²) in [5, 5.41) is 7.97. The number of carbonyl (C=O) groups excluding carboxylic acids is 1. The molecule has 0 aliphatic carbocycles. The number of ether oxygens (including phenoxy) is 1. The van der Waals surface area contributed by atoms with Crippen molar-refractivity contribution >= 4 is 22.5 Å². The molecule has 19 heavy (non-hydrogen) atoms. The van der Waals surface area contributed by atoms with Gasteiger partial charge in [-0.2, -0.15) is 0 Å². The first-order valence-corrected chi connectivity index (χ1v) is 7.33. The lowest BCUT2D eigenvalue weighted by molar-refractivity contribution is -0.0672. The summed E-state index contributed by atoms with van der Waals surface area (Å²) >= 11 is 1.40. The smallest absolute Gasteiger partial charge is 0.321 e. The molecule has 2 N–H and O–H groups in total. The van der Waals surface area contributed by atoms with E-state index in [1.54, 1.807) is 6.20 Å². The maximum atomic E-state index is 11.6. The highest BCUT2D eigenvalue weighted by atomic mass is 32.1. The second kappa shape index (κ2) is 6.83. The lowest BCUT2D eigenvalue weighted by Gasteiger charge is -2.35. The number of thiazole rings is 1. The van der Waals surface area contributed by atoms with E-state index in [2.05, 4.69) is 34.4 Å². The molecule has 0 aromatic carbocycles. The number of aromatic nitrogens is 1. The summed E-state index contributed by atoms with van der Waals surface area (Å²) in [5.74, 6) is 0. The number of amides is 2. The number of nitrogens with zero attached hydrogens (tertiary/aromatic N) is 2. The van der Waals surface area contributed by atoms with E-state index >= 15 is 0 Å². The number of hydrogen-bond acceptors (Lipinski definition) is 5. The lowest BCUT2D eigenvalue weighted by atomic mass is 10.2. The van der Waals surface area contributed by atoms with Crippen molar-refractivity contribution < 1.29 is 9.53 Å². The SMILES string of the molecule is C[C@@H]1CN(CCNC(=O)Nc2nccs2)C[C@@H](C)O1. The molecular formula is C12H20N4O2S. The zero-order valence-electron chi connectivity index (χ0n) is 11.3. The fourth-order valence-corrected chi connectivity index (χ4v) is 2.74. The highest BCUT2D eigenvalue weighted by molar-refractivity contribution is 7.13. The molecule has 0 saturated carbocycles. The van der Waals surface area contributed by atoms with Gasteiger partial charge in [-0.05, 0) is 13.8 Å². The van der Waals surface area contributed by atoms with Crippen LogP contribution in [-0.4, -0.2) is 54.3 Å². The van der Waals surface area contributed by atoms with Gasteiger partial charge in [0.2, 0.25) is 0 Å². The molecule has 1 aromatic heterocycles. The molecule has 2 amide bonds. The molecule has 1 aliphatic rings. The quantitative estimate of drug-likeness (QED) is 0.876. The van der Waals surface area contributed by atoms with Gasteiger partial charge in [0.1, 0.15) is 0 Å². The van der Waals surface area contributed by atoms with Gasteiger partial charge in [0.15, 0.2) is 5.13 Å². The van der Waals surface area contributed by atoms with Crippen LogP contribution in [0.4, 0.5) is 9.93 Å². The van der Waals surface area contributed by atoms with E-state index in [4.69, 9.17) is 4.74 Å². The van der Waals surface area contributed by atoms with Gasteiger partial charge in [0.25, 0.3) is 0 Å². The number of morpholine rings is 1. The van der Waals surface area contributed by atoms with Crippen molar-refractivity contribution in [2.24, 2.45) is 0 Å². The van der Waals surface area contributed by atoms with Crippen LogP contribution in [0, 0.1) is 0 Å². The average Bonchev–Trinajstić information content (AvgIpc) is 2.80.